The maximum Gasteiger partial charge on any atom is 0.160 e. The highest BCUT2D eigenvalue weighted by Crippen LogP contribution is 2.32. The van der Waals surface area contributed by atoms with Gasteiger partial charge in [-0.2, -0.15) is 0 Å². The molecule has 0 aliphatic heterocycles. The normalized spacial score (nSPS) is 22.8. The third kappa shape index (κ3) is 3.26. The lowest BCUT2D eigenvalue weighted by atomic mass is 9.81. The fourth-order valence-electron chi connectivity index (χ4n) is 3.41. The van der Waals surface area contributed by atoms with Crippen LogP contribution in [0.1, 0.15) is 44.9 Å². The van der Waals surface area contributed by atoms with E-state index in [9.17, 15) is 0 Å². The molecule has 1 aliphatic carbocycles. The molecule has 1 fully saturated rings. The Morgan fingerprint density at radius 1 is 1.29 bits per heavy atom. The number of halogens is 2. The van der Waals surface area contributed by atoms with Crippen molar-refractivity contribution in [3.63, 3.8) is 0 Å². The molecular weight excluding hydrogens is 350 g/mol. The molecule has 0 N–H and O–H groups in total. The zero-order valence-electron chi connectivity index (χ0n) is 12.4. The molecule has 1 aliphatic rings. The standard InChI is InChI=1S/C16H21BrClN3/c1-2-11-3-5-12(6-4-11)10-21-15(8-18)20-14-7-13(17)9-19-16(14)21/h7,9,11-12H,2-6,8,10H2,1H3. The van der Waals surface area contributed by atoms with Gasteiger partial charge >= 0.3 is 0 Å². The fourth-order valence-corrected chi connectivity index (χ4v) is 3.93. The van der Waals surface area contributed by atoms with Crippen LogP contribution in [0.3, 0.4) is 0 Å². The predicted octanol–water partition coefficient (Wildman–Crippen LogP) is 5.15. The van der Waals surface area contributed by atoms with Gasteiger partial charge in [0.25, 0.3) is 0 Å². The molecular formula is C16H21BrClN3. The van der Waals surface area contributed by atoms with Gasteiger partial charge in [0.05, 0.1) is 5.88 Å². The van der Waals surface area contributed by atoms with Crippen LogP contribution in [-0.4, -0.2) is 14.5 Å². The molecule has 0 spiro atoms. The van der Waals surface area contributed by atoms with Crippen LogP contribution in [0.25, 0.3) is 11.2 Å². The molecule has 3 rings (SSSR count). The Hall–Kier alpha value is -0.610. The van der Waals surface area contributed by atoms with E-state index in [2.05, 4.69) is 37.4 Å². The summed E-state index contributed by atoms with van der Waals surface area (Å²) in [6.45, 7) is 3.31. The second-order valence-electron chi connectivity index (χ2n) is 6.06. The maximum atomic E-state index is 6.08. The van der Waals surface area contributed by atoms with Gasteiger partial charge in [0, 0.05) is 17.2 Å². The van der Waals surface area contributed by atoms with E-state index in [0.717, 1.165) is 39.8 Å². The van der Waals surface area contributed by atoms with Crippen molar-refractivity contribution in [2.45, 2.75) is 51.5 Å². The first-order valence-electron chi connectivity index (χ1n) is 7.77. The SMILES string of the molecule is CCC1CCC(Cn2c(CCl)nc3cc(Br)cnc32)CC1. The van der Waals surface area contributed by atoms with E-state index in [-0.39, 0.29) is 0 Å². The zero-order valence-corrected chi connectivity index (χ0v) is 14.7. The summed E-state index contributed by atoms with van der Waals surface area (Å²) in [5.74, 6) is 3.05. The van der Waals surface area contributed by atoms with E-state index in [1.165, 1.54) is 32.1 Å². The maximum absolute atomic E-state index is 6.08. The number of imidazole rings is 1. The van der Waals surface area contributed by atoms with Gasteiger partial charge < -0.3 is 4.57 Å². The van der Waals surface area contributed by atoms with Crippen molar-refractivity contribution in [3.8, 4) is 0 Å². The van der Waals surface area contributed by atoms with E-state index < -0.39 is 0 Å². The van der Waals surface area contributed by atoms with Crippen LogP contribution in [0.15, 0.2) is 16.7 Å². The van der Waals surface area contributed by atoms with Gasteiger partial charge in [-0.05, 0) is 46.7 Å². The largest absolute Gasteiger partial charge is 0.311 e. The second-order valence-corrected chi connectivity index (χ2v) is 7.25. The van der Waals surface area contributed by atoms with Gasteiger partial charge in [0.15, 0.2) is 5.65 Å². The van der Waals surface area contributed by atoms with Crippen LogP contribution in [0.4, 0.5) is 0 Å². The lowest BCUT2D eigenvalue weighted by Crippen LogP contribution is -2.19. The van der Waals surface area contributed by atoms with Crippen LogP contribution in [0.2, 0.25) is 0 Å². The summed E-state index contributed by atoms with van der Waals surface area (Å²) in [5.41, 5.74) is 1.90. The summed E-state index contributed by atoms with van der Waals surface area (Å²) in [6.07, 6.45) is 8.52. The summed E-state index contributed by atoms with van der Waals surface area (Å²) in [6, 6.07) is 2.02. The second kappa shape index (κ2) is 6.66. The molecule has 114 valence electrons. The number of aromatic nitrogens is 3. The smallest absolute Gasteiger partial charge is 0.160 e. The quantitative estimate of drug-likeness (QED) is 0.697. The van der Waals surface area contributed by atoms with Crippen LogP contribution < -0.4 is 0 Å². The van der Waals surface area contributed by atoms with E-state index in [1.54, 1.807) is 0 Å². The Bertz CT molecular complexity index is 617. The number of fused-ring (bicyclic) bond motifs is 1. The molecule has 21 heavy (non-hydrogen) atoms. The zero-order chi connectivity index (χ0) is 14.8. The average Bonchev–Trinajstić information content (AvgIpc) is 2.85. The van der Waals surface area contributed by atoms with Gasteiger partial charge in [-0.3, -0.25) is 0 Å². The topological polar surface area (TPSA) is 30.7 Å². The van der Waals surface area contributed by atoms with E-state index in [0.29, 0.717) is 5.88 Å². The summed E-state index contributed by atoms with van der Waals surface area (Å²) in [5, 5.41) is 0. The number of hydrogen-bond donors (Lipinski definition) is 0. The Balaban J connectivity index is 1.83. The lowest BCUT2D eigenvalue weighted by Gasteiger charge is -2.28. The molecule has 0 saturated heterocycles. The van der Waals surface area contributed by atoms with Crippen molar-refractivity contribution in [2.24, 2.45) is 11.8 Å². The molecule has 2 aromatic heterocycles. The minimum absolute atomic E-state index is 0.443. The molecule has 0 atom stereocenters. The number of alkyl halides is 1. The van der Waals surface area contributed by atoms with Crippen molar-refractivity contribution < 1.29 is 0 Å². The Kier molecular flexibility index (Phi) is 4.85. The lowest BCUT2D eigenvalue weighted by molar-refractivity contribution is 0.248. The first-order chi connectivity index (χ1) is 10.2. The number of pyridine rings is 1. The van der Waals surface area contributed by atoms with E-state index in [4.69, 9.17) is 11.6 Å². The number of hydrogen-bond acceptors (Lipinski definition) is 2. The van der Waals surface area contributed by atoms with Crippen molar-refractivity contribution in [1.82, 2.24) is 14.5 Å². The third-order valence-corrected chi connectivity index (χ3v) is 5.41. The summed E-state index contributed by atoms with van der Waals surface area (Å²) in [7, 11) is 0. The van der Waals surface area contributed by atoms with E-state index in [1.807, 2.05) is 12.3 Å². The number of rotatable bonds is 4. The molecule has 3 nitrogen and oxygen atoms in total. The first-order valence-corrected chi connectivity index (χ1v) is 9.10. The summed E-state index contributed by atoms with van der Waals surface area (Å²) >= 11 is 9.54. The molecule has 1 saturated carbocycles. The van der Waals surface area contributed by atoms with Gasteiger partial charge in [0.1, 0.15) is 11.3 Å². The van der Waals surface area contributed by atoms with E-state index >= 15 is 0 Å². The Morgan fingerprint density at radius 3 is 2.67 bits per heavy atom. The molecule has 2 aromatic rings. The minimum atomic E-state index is 0.443. The summed E-state index contributed by atoms with van der Waals surface area (Å²) in [4.78, 5) is 9.17. The molecule has 0 unspecified atom stereocenters. The van der Waals surface area contributed by atoms with Gasteiger partial charge in [-0.25, -0.2) is 9.97 Å². The third-order valence-electron chi connectivity index (χ3n) is 4.73. The van der Waals surface area contributed by atoms with Crippen LogP contribution in [0, 0.1) is 11.8 Å². The minimum Gasteiger partial charge on any atom is -0.311 e. The van der Waals surface area contributed by atoms with Crippen molar-refractivity contribution in [3.05, 3.63) is 22.6 Å². The fraction of sp³-hybridized carbons (Fsp3) is 0.625. The molecule has 0 radical (unpaired) electrons. The first kappa shape index (κ1) is 15.3. The molecule has 5 heteroatoms. The predicted molar refractivity (Wildman–Crippen MR) is 90.5 cm³/mol. The molecule has 0 amide bonds. The molecule has 0 aromatic carbocycles. The van der Waals surface area contributed by atoms with Crippen molar-refractivity contribution in [1.29, 1.82) is 0 Å². The molecule has 0 bridgehead atoms. The monoisotopic (exact) mass is 369 g/mol. The Labute approximate surface area is 139 Å². The van der Waals surface area contributed by atoms with Crippen molar-refractivity contribution in [2.75, 3.05) is 0 Å². The Morgan fingerprint density at radius 2 is 2.00 bits per heavy atom. The highest BCUT2D eigenvalue weighted by molar-refractivity contribution is 9.10. The molecule has 2 heterocycles. The highest BCUT2D eigenvalue weighted by Gasteiger charge is 2.22. The van der Waals surface area contributed by atoms with Crippen molar-refractivity contribution >= 4 is 38.7 Å². The summed E-state index contributed by atoms with van der Waals surface area (Å²) < 4.78 is 3.19. The van der Waals surface area contributed by atoms with Crippen LogP contribution in [0.5, 0.6) is 0 Å². The number of nitrogens with zero attached hydrogens (tertiary/aromatic N) is 3. The van der Waals surface area contributed by atoms with Crippen LogP contribution in [-0.2, 0) is 12.4 Å². The van der Waals surface area contributed by atoms with Gasteiger partial charge in [-0.15, -0.1) is 11.6 Å². The van der Waals surface area contributed by atoms with Crippen LogP contribution >= 0.6 is 27.5 Å². The highest BCUT2D eigenvalue weighted by atomic mass is 79.9. The average molecular weight is 371 g/mol. The van der Waals surface area contributed by atoms with Gasteiger partial charge in [0.2, 0.25) is 0 Å². The van der Waals surface area contributed by atoms with Gasteiger partial charge in [-0.1, -0.05) is 26.2 Å².